The van der Waals surface area contributed by atoms with Crippen molar-refractivity contribution in [1.29, 1.82) is 0 Å². The molecule has 2 aromatic rings. The Balaban J connectivity index is 1.38. The molecule has 162 valence electrons. The monoisotopic (exact) mass is 430 g/mol. The number of likely N-dealkylation sites (N-methyl/N-ethyl adjacent to an activating group) is 1. The number of nitrogens with zero attached hydrogens (tertiary/aromatic N) is 3. The lowest BCUT2D eigenvalue weighted by molar-refractivity contribution is -0.117. The minimum Gasteiger partial charge on any atom is -0.325 e. The fraction of sp³-hybridized carbons (Fsp3) is 0.545. The van der Waals surface area contributed by atoms with Crippen molar-refractivity contribution in [3.8, 4) is 0 Å². The zero-order valence-electron chi connectivity index (χ0n) is 17.9. The van der Waals surface area contributed by atoms with E-state index in [1.54, 1.807) is 0 Å². The predicted molar refractivity (Wildman–Crippen MR) is 117 cm³/mol. The Hall–Kier alpha value is -2.19. The van der Waals surface area contributed by atoms with E-state index >= 15 is 0 Å². The molecule has 1 amide bonds. The van der Waals surface area contributed by atoms with Crippen LogP contribution in [0, 0.1) is 13.8 Å². The van der Waals surface area contributed by atoms with Gasteiger partial charge in [0.25, 0.3) is 0 Å². The average Bonchev–Trinajstić information content (AvgIpc) is 3.34. The molecule has 7 nitrogen and oxygen atoms in total. The predicted octanol–water partition coefficient (Wildman–Crippen LogP) is 2.42. The van der Waals surface area contributed by atoms with Crippen molar-refractivity contribution in [2.75, 3.05) is 30.4 Å². The van der Waals surface area contributed by atoms with Crippen LogP contribution in [0.2, 0.25) is 0 Å². The molecule has 2 heterocycles. The molecule has 1 N–H and O–H groups in total. The number of rotatable bonds is 6. The van der Waals surface area contributed by atoms with Crippen LogP contribution in [0.4, 0.5) is 5.69 Å². The molecule has 1 aromatic heterocycles. The number of hydrogen-bond acceptors (Lipinski definition) is 5. The topological polar surface area (TPSA) is 84.3 Å². The summed E-state index contributed by atoms with van der Waals surface area (Å²) in [4.78, 5) is 14.5. The smallest absolute Gasteiger partial charge is 0.238 e. The molecular formula is C22H30N4O3S. The van der Waals surface area contributed by atoms with Gasteiger partial charge in [-0.1, -0.05) is 6.07 Å². The number of benzene rings is 1. The van der Waals surface area contributed by atoms with Crippen LogP contribution >= 0.6 is 0 Å². The van der Waals surface area contributed by atoms with Crippen molar-refractivity contribution >= 4 is 21.4 Å². The highest BCUT2D eigenvalue weighted by Gasteiger charge is 2.31. The average molecular weight is 431 g/mol. The first-order valence-electron chi connectivity index (χ1n) is 10.6. The van der Waals surface area contributed by atoms with Gasteiger partial charge in [0.1, 0.15) is 0 Å². The van der Waals surface area contributed by atoms with Crippen molar-refractivity contribution in [3.63, 3.8) is 0 Å². The van der Waals surface area contributed by atoms with Gasteiger partial charge in [-0.25, -0.2) is 8.42 Å². The number of anilines is 1. The van der Waals surface area contributed by atoms with E-state index in [4.69, 9.17) is 0 Å². The van der Waals surface area contributed by atoms with E-state index in [0.29, 0.717) is 13.0 Å². The largest absolute Gasteiger partial charge is 0.325 e. The molecule has 8 heteroatoms. The SMILES string of the molecule is Cc1nn(C2CCS(=O)(=O)C2)c(C)c1CN(C)CC(=O)Nc1ccc2c(c1)CCC2. The van der Waals surface area contributed by atoms with E-state index in [9.17, 15) is 13.2 Å². The number of carbonyl (C=O) groups excluding carboxylic acids is 1. The highest BCUT2D eigenvalue weighted by atomic mass is 32.2. The molecule has 1 atom stereocenters. The van der Waals surface area contributed by atoms with Crippen LogP contribution < -0.4 is 5.32 Å². The number of amides is 1. The number of fused-ring (bicyclic) bond motifs is 1. The maximum Gasteiger partial charge on any atom is 0.238 e. The number of aryl methyl sites for hydroxylation is 3. The third-order valence-electron chi connectivity index (χ3n) is 6.25. The molecular weight excluding hydrogens is 400 g/mol. The van der Waals surface area contributed by atoms with Gasteiger partial charge < -0.3 is 5.32 Å². The van der Waals surface area contributed by atoms with Crippen molar-refractivity contribution in [2.45, 2.75) is 52.1 Å². The van der Waals surface area contributed by atoms with Gasteiger partial charge in [0.05, 0.1) is 29.8 Å². The van der Waals surface area contributed by atoms with Gasteiger partial charge in [0, 0.05) is 23.5 Å². The number of sulfone groups is 1. The normalized spacial score (nSPS) is 19.9. The van der Waals surface area contributed by atoms with Crippen LogP contribution in [0.15, 0.2) is 18.2 Å². The van der Waals surface area contributed by atoms with E-state index < -0.39 is 9.84 Å². The Labute approximate surface area is 178 Å². The molecule has 1 aromatic carbocycles. The van der Waals surface area contributed by atoms with Crippen molar-refractivity contribution in [3.05, 3.63) is 46.3 Å². The Morgan fingerprint density at radius 3 is 2.77 bits per heavy atom. The summed E-state index contributed by atoms with van der Waals surface area (Å²) in [6.45, 7) is 4.80. The van der Waals surface area contributed by atoms with Gasteiger partial charge in [-0.05, 0) is 69.8 Å². The number of hydrogen-bond donors (Lipinski definition) is 1. The highest BCUT2D eigenvalue weighted by Crippen LogP contribution is 2.27. The second kappa shape index (κ2) is 8.15. The molecule has 2 aliphatic rings. The first-order valence-corrected chi connectivity index (χ1v) is 12.4. The van der Waals surface area contributed by atoms with E-state index in [1.165, 1.54) is 17.5 Å². The van der Waals surface area contributed by atoms with Crippen molar-refractivity contribution < 1.29 is 13.2 Å². The highest BCUT2D eigenvalue weighted by molar-refractivity contribution is 7.91. The fourth-order valence-corrected chi connectivity index (χ4v) is 6.36. The molecule has 0 spiro atoms. The van der Waals surface area contributed by atoms with Gasteiger partial charge in [-0.2, -0.15) is 5.10 Å². The Bertz CT molecular complexity index is 1070. The van der Waals surface area contributed by atoms with Crippen molar-refractivity contribution in [1.82, 2.24) is 14.7 Å². The molecule has 0 bridgehead atoms. The van der Waals surface area contributed by atoms with Crippen LogP contribution in [0.5, 0.6) is 0 Å². The summed E-state index contributed by atoms with van der Waals surface area (Å²) < 4.78 is 25.5. The molecule has 1 aliphatic carbocycles. The molecule has 1 aliphatic heterocycles. The zero-order chi connectivity index (χ0) is 21.5. The van der Waals surface area contributed by atoms with Gasteiger partial charge in [-0.15, -0.1) is 0 Å². The minimum absolute atomic E-state index is 0.0416. The van der Waals surface area contributed by atoms with E-state index in [0.717, 1.165) is 35.5 Å². The quantitative estimate of drug-likeness (QED) is 0.761. The molecule has 1 saturated heterocycles. The summed E-state index contributed by atoms with van der Waals surface area (Å²) in [5, 5.41) is 7.62. The van der Waals surface area contributed by atoms with E-state index in [-0.39, 0.29) is 30.0 Å². The van der Waals surface area contributed by atoms with Gasteiger partial charge in [0.2, 0.25) is 5.91 Å². The van der Waals surface area contributed by atoms with Crippen molar-refractivity contribution in [2.24, 2.45) is 0 Å². The van der Waals surface area contributed by atoms with Gasteiger partial charge in [0.15, 0.2) is 9.84 Å². The summed E-state index contributed by atoms with van der Waals surface area (Å²) in [6, 6.07) is 6.10. The molecule has 4 rings (SSSR count). The molecule has 1 unspecified atom stereocenters. The number of aromatic nitrogens is 2. The van der Waals surface area contributed by atoms with Crippen LogP contribution in [0.3, 0.4) is 0 Å². The maximum absolute atomic E-state index is 12.5. The zero-order valence-corrected chi connectivity index (χ0v) is 18.8. The Kier molecular flexibility index (Phi) is 5.72. The Morgan fingerprint density at radius 2 is 2.03 bits per heavy atom. The minimum atomic E-state index is -2.96. The standard InChI is InChI=1S/C22H30N4O3S/c1-15-21(16(2)26(24-15)20-9-10-30(28,29)14-20)12-25(3)13-22(27)23-19-8-7-17-5-4-6-18(17)11-19/h7-8,11,20H,4-6,9-10,12-14H2,1-3H3,(H,23,27). The number of nitrogens with one attached hydrogen (secondary N) is 1. The summed E-state index contributed by atoms with van der Waals surface area (Å²) in [5.74, 6) is 0.349. The molecule has 0 saturated carbocycles. The summed E-state index contributed by atoms with van der Waals surface area (Å²) in [6.07, 6.45) is 4.02. The second-order valence-electron chi connectivity index (χ2n) is 8.71. The van der Waals surface area contributed by atoms with E-state index in [2.05, 4.69) is 22.5 Å². The van der Waals surface area contributed by atoms with E-state index in [1.807, 2.05) is 36.5 Å². The Morgan fingerprint density at radius 1 is 1.27 bits per heavy atom. The summed E-state index contributed by atoms with van der Waals surface area (Å²) in [7, 11) is -1.05. The molecule has 0 radical (unpaired) electrons. The maximum atomic E-state index is 12.5. The van der Waals surface area contributed by atoms with Crippen LogP contribution in [-0.2, 0) is 34.0 Å². The summed E-state index contributed by atoms with van der Waals surface area (Å²) in [5.41, 5.74) is 6.53. The second-order valence-corrected chi connectivity index (χ2v) is 10.9. The lowest BCUT2D eigenvalue weighted by atomic mass is 10.1. The first-order chi connectivity index (χ1) is 14.2. The molecule has 30 heavy (non-hydrogen) atoms. The lowest BCUT2D eigenvalue weighted by Gasteiger charge is -2.17. The third kappa shape index (κ3) is 4.44. The van der Waals surface area contributed by atoms with Crippen LogP contribution in [0.25, 0.3) is 0 Å². The van der Waals surface area contributed by atoms with Gasteiger partial charge in [-0.3, -0.25) is 14.4 Å². The number of carbonyl (C=O) groups is 1. The van der Waals surface area contributed by atoms with Gasteiger partial charge >= 0.3 is 0 Å². The molecule has 1 fully saturated rings. The van der Waals surface area contributed by atoms with Crippen LogP contribution in [0.1, 0.15) is 47.0 Å². The van der Waals surface area contributed by atoms with Crippen LogP contribution in [-0.4, -0.2) is 54.1 Å². The lowest BCUT2D eigenvalue weighted by Crippen LogP contribution is -2.30. The summed E-state index contributed by atoms with van der Waals surface area (Å²) >= 11 is 0. The fourth-order valence-electron chi connectivity index (χ4n) is 4.67. The third-order valence-corrected chi connectivity index (χ3v) is 8.00. The first kappa shape index (κ1) is 21.1.